The molecule has 1 saturated heterocycles. The Bertz CT molecular complexity index is 1250. The Morgan fingerprint density at radius 3 is 2.52 bits per heavy atom. The van der Waals surface area contributed by atoms with E-state index < -0.39 is 10.0 Å². The fourth-order valence-electron chi connectivity index (χ4n) is 2.90. The van der Waals surface area contributed by atoms with Gasteiger partial charge >= 0.3 is 0 Å². The zero-order chi connectivity index (χ0) is 20.4. The number of nitrogens with zero attached hydrogens (tertiary/aromatic N) is 3. The highest BCUT2D eigenvalue weighted by atomic mass is 32.2. The smallest absolute Gasteiger partial charge is 0.284 e. The maximum Gasteiger partial charge on any atom is 0.284 e. The second-order valence-corrected chi connectivity index (χ2v) is 8.86. The number of pyridine rings is 1. The van der Waals surface area contributed by atoms with Crippen LogP contribution >= 0.6 is 11.8 Å². The van der Waals surface area contributed by atoms with E-state index in [1.54, 1.807) is 31.2 Å². The summed E-state index contributed by atoms with van der Waals surface area (Å²) in [4.78, 5) is 19.2. The van der Waals surface area contributed by atoms with Gasteiger partial charge in [-0.2, -0.15) is 8.42 Å². The molecule has 29 heavy (non-hydrogen) atoms. The predicted molar refractivity (Wildman–Crippen MR) is 116 cm³/mol. The van der Waals surface area contributed by atoms with Crippen LogP contribution in [0.4, 0.5) is 0 Å². The number of rotatable bonds is 4. The van der Waals surface area contributed by atoms with Gasteiger partial charge in [0.2, 0.25) is 0 Å². The molecule has 6 nitrogen and oxygen atoms in total. The van der Waals surface area contributed by atoms with Crippen LogP contribution in [-0.2, 0) is 14.8 Å². The van der Waals surface area contributed by atoms with E-state index in [0.29, 0.717) is 17.1 Å². The van der Waals surface area contributed by atoms with E-state index in [1.165, 1.54) is 17.0 Å². The van der Waals surface area contributed by atoms with E-state index >= 15 is 0 Å². The number of carbonyl (C=O) groups is 1. The maximum absolute atomic E-state index is 12.8. The molecule has 0 unspecified atom stereocenters. The zero-order valence-corrected chi connectivity index (χ0v) is 17.2. The molecule has 0 radical (unpaired) electrons. The number of amidine groups is 1. The lowest BCUT2D eigenvalue weighted by atomic mass is 10.2. The molecule has 0 N–H and O–H groups in total. The van der Waals surface area contributed by atoms with Crippen molar-refractivity contribution in [2.75, 3.05) is 6.54 Å². The Morgan fingerprint density at radius 1 is 1.03 bits per heavy atom. The first-order valence-corrected chi connectivity index (χ1v) is 11.2. The van der Waals surface area contributed by atoms with Gasteiger partial charge in [-0.15, -0.1) is 4.40 Å². The Kier molecular flexibility index (Phi) is 5.21. The average Bonchev–Trinajstić information content (AvgIpc) is 3.02. The van der Waals surface area contributed by atoms with Crippen LogP contribution in [0.2, 0.25) is 0 Å². The minimum Gasteiger partial charge on any atom is -0.286 e. The summed E-state index contributed by atoms with van der Waals surface area (Å²) in [6, 6.07) is 19.4. The summed E-state index contributed by atoms with van der Waals surface area (Å²) in [5, 5.41) is 1.15. The van der Waals surface area contributed by atoms with E-state index in [2.05, 4.69) is 9.38 Å². The molecule has 146 valence electrons. The second-order valence-electron chi connectivity index (χ2n) is 6.25. The summed E-state index contributed by atoms with van der Waals surface area (Å²) in [6.45, 7) is 2.10. The zero-order valence-electron chi connectivity index (χ0n) is 15.5. The van der Waals surface area contributed by atoms with Crippen molar-refractivity contribution < 1.29 is 13.2 Å². The number of aromatic nitrogens is 1. The fourth-order valence-corrected chi connectivity index (χ4v) is 5.15. The lowest BCUT2D eigenvalue weighted by Gasteiger charge is -2.11. The average molecular weight is 424 g/mol. The number of sulfonamides is 1. The largest absolute Gasteiger partial charge is 0.286 e. The van der Waals surface area contributed by atoms with Gasteiger partial charge in [0.25, 0.3) is 15.9 Å². The minimum atomic E-state index is -3.90. The molecule has 1 aliphatic heterocycles. The minimum absolute atomic E-state index is 0.0882. The van der Waals surface area contributed by atoms with E-state index in [4.69, 9.17) is 0 Å². The van der Waals surface area contributed by atoms with Gasteiger partial charge in [0.05, 0.1) is 21.0 Å². The van der Waals surface area contributed by atoms with Gasteiger partial charge in [0.1, 0.15) is 0 Å². The number of likely N-dealkylation sites (N-methyl/N-ethyl adjacent to an activating group) is 1. The quantitative estimate of drug-likeness (QED) is 0.595. The van der Waals surface area contributed by atoms with E-state index in [9.17, 15) is 13.2 Å². The molecule has 2 heterocycles. The Hall–Kier alpha value is -2.97. The number of thioether (sulfide) groups is 1. The van der Waals surface area contributed by atoms with Crippen molar-refractivity contribution in [3.05, 3.63) is 77.3 Å². The van der Waals surface area contributed by atoms with Crippen molar-refractivity contribution in [3.8, 4) is 0 Å². The van der Waals surface area contributed by atoms with Gasteiger partial charge in [-0.05, 0) is 49.0 Å². The SMILES string of the molecule is CCN1C(=O)/C(=C/c2ccc3ccccc3n2)SC1=NS(=O)(=O)c1ccccc1. The summed E-state index contributed by atoms with van der Waals surface area (Å²) in [7, 11) is -3.90. The van der Waals surface area contributed by atoms with Crippen LogP contribution in [0.25, 0.3) is 17.0 Å². The molecule has 0 atom stereocenters. The topological polar surface area (TPSA) is 79.7 Å². The van der Waals surface area contributed by atoms with Crippen molar-refractivity contribution in [3.63, 3.8) is 0 Å². The van der Waals surface area contributed by atoms with E-state index in [-0.39, 0.29) is 16.0 Å². The summed E-state index contributed by atoms with van der Waals surface area (Å²) < 4.78 is 29.1. The predicted octanol–water partition coefficient (Wildman–Crippen LogP) is 3.92. The van der Waals surface area contributed by atoms with Crippen LogP contribution < -0.4 is 0 Å². The summed E-state index contributed by atoms with van der Waals surface area (Å²) in [5.41, 5.74) is 1.45. The highest BCUT2D eigenvalue weighted by molar-refractivity contribution is 8.19. The first-order valence-electron chi connectivity index (χ1n) is 8.95. The van der Waals surface area contributed by atoms with Gasteiger partial charge in [0.15, 0.2) is 5.17 Å². The van der Waals surface area contributed by atoms with Crippen molar-refractivity contribution in [1.29, 1.82) is 0 Å². The summed E-state index contributed by atoms with van der Waals surface area (Å²) >= 11 is 1.04. The lowest BCUT2D eigenvalue weighted by molar-refractivity contribution is -0.122. The maximum atomic E-state index is 12.8. The van der Waals surface area contributed by atoms with Crippen LogP contribution in [0.15, 0.2) is 80.9 Å². The lowest BCUT2D eigenvalue weighted by Crippen LogP contribution is -2.29. The molecule has 2 aromatic carbocycles. The number of hydrogen-bond acceptors (Lipinski definition) is 5. The van der Waals surface area contributed by atoms with Gasteiger partial charge < -0.3 is 0 Å². The molecule has 1 aliphatic rings. The van der Waals surface area contributed by atoms with Crippen LogP contribution in [0.5, 0.6) is 0 Å². The summed E-state index contributed by atoms with van der Waals surface area (Å²) in [5.74, 6) is -0.283. The Morgan fingerprint density at radius 2 is 1.76 bits per heavy atom. The Balaban J connectivity index is 1.70. The fraction of sp³-hybridized carbons (Fsp3) is 0.0952. The van der Waals surface area contributed by atoms with Crippen molar-refractivity contribution >= 4 is 49.8 Å². The molecule has 0 bridgehead atoms. The van der Waals surface area contributed by atoms with Crippen LogP contribution in [-0.4, -0.2) is 35.9 Å². The molecule has 1 fully saturated rings. The third-order valence-corrected chi connectivity index (χ3v) is 6.75. The molecule has 0 spiro atoms. The Labute approximate surface area is 173 Å². The molecule has 0 aliphatic carbocycles. The molecule has 4 rings (SSSR count). The summed E-state index contributed by atoms with van der Waals surface area (Å²) in [6.07, 6.45) is 1.67. The van der Waals surface area contributed by atoms with E-state index in [1.807, 2.05) is 36.4 Å². The van der Waals surface area contributed by atoms with Gasteiger partial charge in [-0.3, -0.25) is 9.69 Å². The van der Waals surface area contributed by atoms with Crippen LogP contribution in [0.1, 0.15) is 12.6 Å². The van der Waals surface area contributed by atoms with Crippen molar-refractivity contribution in [1.82, 2.24) is 9.88 Å². The standard InChI is InChI=1S/C21H17N3O3S2/c1-2-24-20(25)19(14-16-13-12-15-8-6-7-11-18(15)22-16)28-21(24)23-29(26,27)17-9-4-3-5-10-17/h3-14H,2H2,1H3/b19-14-,23-21?. The third-order valence-electron chi connectivity index (χ3n) is 4.34. The van der Waals surface area contributed by atoms with Gasteiger partial charge in [0, 0.05) is 11.9 Å². The first kappa shape index (κ1) is 19.4. The molecule has 3 aromatic rings. The number of para-hydroxylation sites is 1. The first-order chi connectivity index (χ1) is 14.0. The molecular formula is C21H17N3O3S2. The number of carbonyl (C=O) groups excluding carboxylic acids is 1. The van der Waals surface area contributed by atoms with Crippen LogP contribution in [0.3, 0.4) is 0 Å². The van der Waals surface area contributed by atoms with Crippen LogP contribution in [0, 0.1) is 0 Å². The third kappa shape index (κ3) is 3.94. The number of amides is 1. The van der Waals surface area contributed by atoms with E-state index in [0.717, 1.165) is 22.7 Å². The van der Waals surface area contributed by atoms with Gasteiger partial charge in [-0.1, -0.05) is 42.5 Å². The normalized spacial score (nSPS) is 17.6. The molecule has 8 heteroatoms. The molecule has 1 amide bonds. The number of benzene rings is 2. The number of hydrogen-bond donors (Lipinski definition) is 0. The molecular weight excluding hydrogens is 406 g/mol. The molecule has 0 saturated carbocycles. The highest BCUT2D eigenvalue weighted by Crippen LogP contribution is 2.33. The van der Waals surface area contributed by atoms with Crippen molar-refractivity contribution in [2.24, 2.45) is 4.40 Å². The number of fused-ring (bicyclic) bond motifs is 1. The van der Waals surface area contributed by atoms with Crippen molar-refractivity contribution in [2.45, 2.75) is 11.8 Å². The highest BCUT2D eigenvalue weighted by Gasteiger charge is 2.34. The van der Waals surface area contributed by atoms with Gasteiger partial charge in [-0.25, -0.2) is 4.98 Å². The second kappa shape index (κ2) is 7.81. The monoisotopic (exact) mass is 423 g/mol. The molecule has 1 aromatic heterocycles.